The molecule has 5 heteroatoms. The van der Waals surface area contributed by atoms with Crippen molar-refractivity contribution in [2.24, 2.45) is 10.9 Å². The van der Waals surface area contributed by atoms with Crippen molar-refractivity contribution in [3.05, 3.63) is 48.3 Å². The predicted molar refractivity (Wildman–Crippen MR) is 98.6 cm³/mol. The maximum atomic E-state index is 4.45. The first-order valence-electron chi connectivity index (χ1n) is 8.81. The average Bonchev–Trinajstić information content (AvgIpc) is 3.08. The van der Waals surface area contributed by atoms with Crippen molar-refractivity contribution in [2.45, 2.75) is 26.2 Å². The summed E-state index contributed by atoms with van der Waals surface area (Å²) in [7, 11) is 1.87. The molecule has 1 aromatic carbocycles. The highest BCUT2D eigenvalue weighted by atomic mass is 15.3. The number of guanidine groups is 1. The van der Waals surface area contributed by atoms with E-state index in [9.17, 15) is 0 Å². The molecule has 1 aliphatic heterocycles. The fourth-order valence-electron chi connectivity index (χ4n) is 3.24. The van der Waals surface area contributed by atoms with E-state index in [0.717, 1.165) is 43.6 Å². The van der Waals surface area contributed by atoms with Gasteiger partial charge in [0.05, 0.1) is 11.9 Å². The molecule has 128 valence electrons. The second-order valence-corrected chi connectivity index (χ2v) is 6.55. The van der Waals surface area contributed by atoms with Gasteiger partial charge in [-0.25, -0.2) is 4.68 Å². The largest absolute Gasteiger partial charge is 0.356 e. The summed E-state index contributed by atoms with van der Waals surface area (Å²) in [6, 6.07) is 10.2. The van der Waals surface area contributed by atoms with E-state index >= 15 is 0 Å². The summed E-state index contributed by atoms with van der Waals surface area (Å²) in [5.74, 6) is 1.78. The van der Waals surface area contributed by atoms with Gasteiger partial charge in [0.25, 0.3) is 0 Å². The second-order valence-electron chi connectivity index (χ2n) is 6.55. The maximum Gasteiger partial charge on any atom is 0.193 e. The lowest BCUT2D eigenvalue weighted by Gasteiger charge is -2.33. The first-order chi connectivity index (χ1) is 11.8. The standard InChI is InChI=1S/C19H27N5/c1-16-7-6-12-23(14-16)19(20-2)21-11-10-17-13-22-24(15-17)18-8-4-3-5-9-18/h3-5,8-9,13,15-16H,6-7,10-12,14H2,1-2H3,(H,20,21). The van der Waals surface area contributed by atoms with Crippen molar-refractivity contribution in [3.63, 3.8) is 0 Å². The van der Waals surface area contributed by atoms with E-state index in [0.29, 0.717) is 0 Å². The summed E-state index contributed by atoms with van der Waals surface area (Å²) in [5.41, 5.74) is 2.32. The molecule has 5 nitrogen and oxygen atoms in total. The van der Waals surface area contributed by atoms with Gasteiger partial charge in [0.15, 0.2) is 5.96 Å². The van der Waals surface area contributed by atoms with Crippen molar-refractivity contribution in [1.29, 1.82) is 0 Å². The lowest BCUT2D eigenvalue weighted by Crippen LogP contribution is -2.46. The Kier molecular flexibility index (Phi) is 5.51. The molecule has 1 atom stereocenters. The summed E-state index contributed by atoms with van der Waals surface area (Å²) in [6.07, 6.45) is 7.57. The molecule has 1 saturated heterocycles. The summed E-state index contributed by atoms with van der Waals surface area (Å²) < 4.78 is 1.93. The topological polar surface area (TPSA) is 45.5 Å². The SMILES string of the molecule is CN=C(NCCc1cnn(-c2ccccc2)c1)N1CCCC(C)C1. The number of aromatic nitrogens is 2. The van der Waals surface area contributed by atoms with Crippen molar-refractivity contribution >= 4 is 5.96 Å². The van der Waals surface area contributed by atoms with Crippen molar-refractivity contribution < 1.29 is 0 Å². The smallest absolute Gasteiger partial charge is 0.193 e. The fourth-order valence-corrected chi connectivity index (χ4v) is 3.24. The van der Waals surface area contributed by atoms with Gasteiger partial charge in [0.2, 0.25) is 0 Å². The highest BCUT2D eigenvalue weighted by Crippen LogP contribution is 2.15. The van der Waals surface area contributed by atoms with Gasteiger partial charge in [-0.05, 0) is 42.9 Å². The third kappa shape index (κ3) is 4.16. The third-order valence-electron chi connectivity index (χ3n) is 4.52. The van der Waals surface area contributed by atoms with E-state index in [1.807, 2.05) is 36.1 Å². The van der Waals surface area contributed by atoms with Crippen LogP contribution in [-0.4, -0.2) is 47.3 Å². The molecular formula is C19H27N5. The Morgan fingerprint density at radius 2 is 2.17 bits per heavy atom. The van der Waals surface area contributed by atoms with Crippen molar-refractivity contribution in [3.8, 4) is 5.69 Å². The van der Waals surface area contributed by atoms with Crippen LogP contribution in [-0.2, 0) is 6.42 Å². The molecule has 1 fully saturated rings. The molecule has 0 amide bonds. The number of likely N-dealkylation sites (tertiary alicyclic amines) is 1. The second kappa shape index (κ2) is 7.99. The lowest BCUT2D eigenvalue weighted by atomic mass is 10.0. The zero-order chi connectivity index (χ0) is 16.8. The van der Waals surface area contributed by atoms with Gasteiger partial charge in [-0.15, -0.1) is 0 Å². The van der Waals surface area contributed by atoms with Gasteiger partial charge in [-0.2, -0.15) is 5.10 Å². The number of hydrogen-bond acceptors (Lipinski definition) is 2. The van der Waals surface area contributed by atoms with E-state index in [2.05, 4.69) is 45.6 Å². The molecule has 0 aliphatic carbocycles. The average molecular weight is 325 g/mol. The Balaban J connectivity index is 1.52. The number of hydrogen-bond donors (Lipinski definition) is 1. The van der Waals surface area contributed by atoms with Crippen LogP contribution in [0, 0.1) is 5.92 Å². The third-order valence-corrected chi connectivity index (χ3v) is 4.52. The Morgan fingerprint density at radius 3 is 2.92 bits per heavy atom. The van der Waals surface area contributed by atoms with Gasteiger partial charge in [0.1, 0.15) is 0 Å². The van der Waals surface area contributed by atoms with E-state index in [-0.39, 0.29) is 0 Å². The molecule has 1 unspecified atom stereocenters. The summed E-state index contributed by atoms with van der Waals surface area (Å²) in [4.78, 5) is 6.82. The molecule has 0 radical (unpaired) electrons. The van der Waals surface area contributed by atoms with Crippen LogP contribution >= 0.6 is 0 Å². The van der Waals surface area contributed by atoms with Crippen molar-refractivity contribution in [1.82, 2.24) is 20.0 Å². The van der Waals surface area contributed by atoms with Crippen LogP contribution in [0.4, 0.5) is 0 Å². The molecule has 3 rings (SSSR count). The molecule has 0 spiro atoms. The first kappa shape index (κ1) is 16.6. The van der Waals surface area contributed by atoms with Gasteiger partial charge < -0.3 is 10.2 Å². The number of rotatable bonds is 4. The molecule has 2 aromatic rings. The Bertz CT molecular complexity index is 661. The number of piperidine rings is 1. The van der Waals surface area contributed by atoms with Gasteiger partial charge >= 0.3 is 0 Å². The summed E-state index contributed by atoms with van der Waals surface area (Å²) >= 11 is 0. The van der Waals surface area contributed by atoms with E-state index in [1.165, 1.54) is 18.4 Å². The van der Waals surface area contributed by atoms with E-state index in [1.54, 1.807) is 0 Å². The molecule has 1 aliphatic rings. The van der Waals surface area contributed by atoms with Crippen LogP contribution in [0.15, 0.2) is 47.7 Å². The van der Waals surface area contributed by atoms with Crippen LogP contribution in [0.25, 0.3) is 5.69 Å². The number of nitrogens with zero attached hydrogens (tertiary/aromatic N) is 4. The van der Waals surface area contributed by atoms with Crippen LogP contribution < -0.4 is 5.32 Å². The molecule has 1 N–H and O–H groups in total. The Hall–Kier alpha value is -2.30. The zero-order valence-corrected chi connectivity index (χ0v) is 14.7. The summed E-state index contributed by atoms with van der Waals surface area (Å²) in [5, 5.41) is 7.95. The zero-order valence-electron chi connectivity index (χ0n) is 14.7. The molecule has 0 bridgehead atoms. The van der Waals surface area contributed by atoms with Crippen LogP contribution in [0.2, 0.25) is 0 Å². The predicted octanol–water partition coefficient (Wildman–Crippen LogP) is 2.72. The Labute approximate surface area is 144 Å². The minimum absolute atomic E-state index is 0.751. The quantitative estimate of drug-likeness (QED) is 0.694. The highest BCUT2D eigenvalue weighted by Gasteiger charge is 2.18. The number of para-hydroxylation sites is 1. The van der Waals surface area contributed by atoms with Crippen LogP contribution in [0.1, 0.15) is 25.3 Å². The highest BCUT2D eigenvalue weighted by molar-refractivity contribution is 5.79. The molecular weight excluding hydrogens is 298 g/mol. The normalized spacial score (nSPS) is 18.7. The van der Waals surface area contributed by atoms with Crippen LogP contribution in [0.3, 0.4) is 0 Å². The monoisotopic (exact) mass is 325 g/mol. The van der Waals surface area contributed by atoms with E-state index < -0.39 is 0 Å². The Morgan fingerprint density at radius 1 is 1.33 bits per heavy atom. The van der Waals surface area contributed by atoms with Crippen LogP contribution in [0.5, 0.6) is 0 Å². The lowest BCUT2D eigenvalue weighted by molar-refractivity contribution is 0.266. The van der Waals surface area contributed by atoms with E-state index in [4.69, 9.17) is 0 Å². The fraction of sp³-hybridized carbons (Fsp3) is 0.474. The number of benzene rings is 1. The van der Waals surface area contributed by atoms with Gasteiger partial charge in [-0.1, -0.05) is 25.1 Å². The molecule has 2 heterocycles. The maximum absolute atomic E-state index is 4.45. The molecule has 0 saturated carbocycles. The minimum atomic E-state index is 0.751. The van der Waals surface area contributed by atoms with Crippen molar-refractivity contribution in [2.75, 3.05) is 26.7 Å². The molecule has 24 heavy (non-hydrogen) atoms. The van der Waals surface area contributed by atoms with Gasteiger partial charge in [-0.3, -0.25) is 4.99 Å². The van der Waals surface area contributed by atoms with Gasteiger partial charge in [0, 0.05) is 32.9 Å². The number of aliphatic imine (C=N–C) groups is 1. The first-order valence-corrected chi connectivity index (χ1v) is 8.81. The number of nitrogens with one attached hydrogen (secondary N) is 1. The summed E-state index contributed by atoms with van der Waals surface area (Å²) in [6.45, 7) is 5.40. The molecule has 1 aromatic heterocycles. The minimum Gasteiger partial charge on any atom is -0.356 e.